The van der Waals surface area contributed by atoms with E-state index in [0.29, 0.717) is 13.1 Å². The van der Waals surface area contributed by atoms with Gasteiger partial charge in [-0.15, -0.1) is 0 Å². The second kappa shape index (κ2) is 5.77. The second-order valence-corrected chi connectivity index (χ2v) is 6.82. The van der Waals surface area contributed by atoms with Crippen LogP contribution in [0.5, 0.6) is 0 Å². The third kappa shape index (κ3) is 3.17. The molecule has 2 N–H and O–H groups in total. The van der Waals surface area contributed by atoms with Gasteiger partial charge in [-0.05, 0) is 25.0 Å². The summed E-state index contributed by atoms with van der Waals surface area (Å²) in [5.41, 5.74) is -0.116. The van der Waals surface area contributed by atoms with Crippen molar-refractivity contribution in [3.8, 4) is 0 Å². The van der Waals surface area contributed by atoms with Gasteiger partial charge in [0.25, 0.3) is 0 Å². The fourth-order valence-corrected chi connectivity index (χ4v) is 3.96. The van der Waals surface area contributed by atoms with Crippen LogP contribution in [-0.2, 0) is 10.2 Å². The Hall–Kier alpha value is -1.02. The Morgan fingerprint density at radius 1 is 1.20 bits per heavy atom. The first-order valence-electron chi connectivity index (χ1n) is 5.81. The molecule has 20 heavy (non-hydrogen) atoms. The molecular weight excluding hydrogens is 327 g/mol. The van der Waals surface area contributed by atoms with E-state index in [2.05, 4.69) is 4.72 Å². The van der Waals surface area contributed by atoms with Gasteiger partial charge in [0, 0.05) is 13.1 Å². The third-order valence-electron chi connectivity index (χ3n) is 2.93. The number of rotatable bonds is 4. The molecule has 0 radical (unpaired) electrons. The molecule has 1 aliphatic rings. The van der Waals surface area contributed by atoms with Crippen LogP contribution in [0.1, 0.15) is 23.2 Å². The van der Waals surface area contributed by atoms with E-state index in [-0.39, 0.29) is 21.3 Å². The number of anilines is 1. The minimum atomic E-state index is -3.72. The van der Waals surface area contributed by atoms with Crippen LogP contribution in [0.15, 0.2) is 12.1 Å². The van der Waals surface area contributed by atoms with Gasteiger partial charge in [-0.25, -0.2) is 4.79 Å². The van der Waals surface area contributed by atoms with Gasteiger partial charge in [0.05, 0.1) is 21.3 Å². The van der Waals surface area contributed by atoms with Crippen LogP contribution in [0.2, 0.25) is 10.0 Å². The number of carboxylic acids is 1. The maximum Gasteiger partial charge on any atom is 0.335 e. The quantitative estimate of drug-likeness (QED) is 0.882. The summed E-state index contributed by atoms with van der Waals surface area (Å²) in [7, 11) is -3.72. The van der Waals surface area contributed by atoms with Crippen LogP contribution in [0.4, 0.5) is 5.69 Å². The van der Waals surface area contributed by atoms with Gasteiger partial charge in [-0.2, -0.15) is 12.7 Å². The van der Waals surface area contributed by atoms with E-state index in [0.717, 1.165) is 25.0 Å². The Labute approximate surface area is 126 Å². The van der Waals surface area contributed by atoms with Crippen molar-refractivity contribution in [2.75, 3.05) is 17.8 Å². The number of halogens is 2. The monoisotopic (exact) mass is 338 g/mol. The Morgan fingerprint density at radius 2 is 1.70 bits per heavy atom. The minimum Gasteiger partial charge on any atom is -0.478 e. The summed E-state index contributed by atoms with van der Waals surface area (Å²) >= 11 is 11.8. The lowest BCUT2D eigenvalue weighted by Crippen LogP contribution is -2.33. The van der Waals surface area contributed by atoms with Crippen molar-refractivity contribution in [3.05, 3.63) is 27.7 Å². The van der Waals surface area contributed by atoms with E-state index in [9.17, 15) is 13.2 Å². The molecule has 0 saturated carbocycles. The van der Waals surface area contributed by atoms with Gasteiger partial charge in [0.2, 0.25) is 0 Å². The van der Waals surface area contributed by atoms with Crippen molar-refractivity contribution in [1.82, 2.24) is 4.31 Å². The van der Waals surface area contributed by atoms with Crippen LogP contribution in [-0.4, -0.2) is 36.9 Å². The smallest absolute Gasteiger partial charge is 0.335 e. The lowest BCUT2D eigenvalue weighted by molar-refractivity contribution is 0.0697. The van der Waals surface area contributed by atoms with Crippen molar-refractivity contribution in [3.63, 3.8) is 0 Å². The molecule has 1 fully saturated rings. The maximum absolute atomic E-state index is 12.1. The molecule has 110 valence electrons. The Morgan fingerprint density at radius 3 is 2.15 bits per heavy atom. The predicted molar refractivity (Wildman–Crippen MR) is 76.8 cm³/mol. The number of benzene rings is 1. The first kappa shape index (κ1) is 15.4. The highest BCUT2D eigenvalue weighted by molar-refractivity contribution is 7.90. The van der Waals surface area contributed by atoms with Gasteiger partial charge in [0.1, 0.15) is 0 Å². The lowest BCUT2D eigenvalue weighted by Gasteiger charge is -2.18. The zero-order valence-corrected chi connectivity index (χ0v) is 12.6. The highest BCUT2D eigenvalue weighted by Crippen LogP contribution is 2.33. The average molecular weight is 339 g/mol. The summed E-state index contributed by atoms with van der Waals surface area (Å²) < 4.78 is 27.8. The van der Waals surface area contributed by atoms with Gasteiger partial charge in [0.15, 0.2) is 0 Å². The number of hydrogen-bond acceptors (Lipinski definition) is 3. The normalized spacial score (nSPS) is 16.3. The minimum absolute atomic E-state index is 0.00904. The fraction of sp³-hybridized carbons (Fsp3) is 0.364. The summed E-state index contributed by atoms with van der Waals surface area (Å²) in [5.74, 6) is -1.19. The number of carboxylic acid groups (broad SMARTS) is 1. The topological polar surface area (TPSA) is 86.7 Å². The number of hydrogen-bond donors (Lipinski definition) is 2. The van der Waals surface area contributed by atoms with E-state index in [1.54, 1.807) is 0 Å². The number of carbonyl (C=O) groups is 1. The summed E-state index contributed by atoms with van der Waals surface area (Å²) in [6.07, 6.45) is 1.61. The molecule has 1 aromatic carbocycles. The average Bonchev–Trinajstić information content (AvgIpc) is 2.88. The van der Waals surface area contributed by atoms with Crippen LogP contribution in [0.25, 0.3) is 0 Å². The van der Waals surface area contributed by atoms with Crippen LogP contribution >= 0.6 is 23.2 Å². The maximum atomic E-state index is 12.1. The second-order valence-electron chi connectivity index (χ2n) is 4.33. The molecule has 1 aliphatic heterocycles. The highest BCUT2D eigenvalue weighted by Gasteiger charge is 2.27. The summed E-state index contributed by atoms with van der Waals surface area (Å²) in [6, 6.07) is 2.30. The molecule has 1 heterocycles. The molecular formula is C11H12Cl2N2O4S. The fourth-order valence-electron chi connectivity index (χ4n) is 1.92. The molecule has 0 unspecified atom stereocenters. The highest BCUT2D eigenvalue weighted by atomic mass is 35.5. The van der Waals surface area contributed by atoms with E-state index in [1.807, 2.05) is 0 Å². The van der Waals surface area contributed by atoms with Gasteiger partial charge >= 0.3 is 16.2 Å². The van der Waals surface area contributed by atoms with Crippen molar-refractivity contribution >= 4 is 45.1 Å². The van der Waals surface area contributed by atoms with Gasteiger partial charge in [-0.3, -0.25) is 4.72 Å². The Bertz CT molecular complexity index is 619. The number of nitrogens with zero attached hydrogens (tertiary/aromatic N) is 1. The molecule has 0 spiro atoms. The number of nitrogens with one attached hydrogen (secondary N) is 1. The van der Waals surface area contributed by atoms with Crippen molar-refractivity contribution < 1.29 is 18.3 Å². The van der Waals surface area contributed by atoms with E-state index >= 15 is 0 Å². The zero-order chi connectivity index (χ0) is 14.9. The molecule has 0 amide bonds. The Balaban J connectivity index is 2.32. The number of aromatic carboxylic acids is 1. The van der Waals surface area contributed by atoms with Crippen molar-refractivity contribution in [2.24, 2.45) is 0 Å². The zero-order valence-electron chi connectivity index (χ0n) is 10.3. The van der Waals surface area contributed by atoms with Gasteiger partial charge < -0.3 is 5.11 Å². The van der Waals surface area contributed by atoms with Gasteiger partial charge in [-0.1, -0.05) is 23.2 Å². The molecule has 0 bridgehead atoms. The van der Waals surface area contributed by atoms with Crippen molar-refractivity contribution in [2.45, 2.75) is 12.8 Å². The largest absolute Gasteiger partial charge is 0.478 e. The molecule has 1 saturated heterocycles. The standard InChI is InChI=1S/C11H12Cl2N2O4S/c12-8-5-7(11(16)17)6-9(13)10(8)14-20(18,19)15-3-1-2-4-15/h5-6,14H,1-4H2,(H,16,17). The first-order chi connectivity index (χ1) is 9.31. The van der Waals surface area contributed by atoms with Crippen LogP contribution < -0.4 is 4.72 Å². The summed E-state index contributed by atoms with van der Waals surface area (Å²) in [4.78, 5) is 10.8. The van der Waals surface area contributed by atoms with E-state index in [1.165, 1.54) is 4.31 Å². The Kier molecular flexibility index (Phi) is 4.43. The molecule has 6 nitrogen and oxygen atoms in total. The summed E-state index contributed by atoms with van der Waals surface area (Å²) in [6.45, 7) is 0.884. The van der Waals surface area contributed by atoms with E-state index in [4.69, 9.17) is 28.3 Å². The SMILES string of the molecule is O=C(O)c1cc(Cl)c(NS(=O)(=O)N2CCCC2)c(Cl)c1. The molecule has 2 rings (SSSR count). The van der Waals surface area contributed by atoms with Crippen molar-refractivity contribution in [1.29, 1.82) is 0 Å². The van der Waals surface area contributed by atoms with Crippen LogP contribution in [0.3, 0.4) is 0 Å². The predicted octanol–water partition coefficient (Wildman–Crippen LogP) is 2.44. The van der Waals surface area contributed by atoms with E-state index < -0.39 is 16.2 Å². The third-order valence-corrected chi connectivity index (χ3v) is 5.03. The molecule has 0 aliphatic carbocycles. The molecule has 0 atom stereocenters. The molecule has 0 aromatic heterocycles. The molecule has 1 aromatic rings. The van der Waals surface area contributed by atoms with Crippen LogP contribution in [0, 0.1) is 0 Å². The summed E-state index contributed by atoms with van der Waals surface area (Å²) in [5, 5.41) is 8.75. The first-order valence-corrected chi connectivity index (χ1v) is 8.01. The molecule has 9 heteroatoms. The lowest BCUT2D eigenvalue weighted by atomic mass is 10.2.